The lowest BCUT2D eigenvalue weighted by Gasteiger charge is -2.17. The average molecular weight is 369 g/mol. The molecule has 6 nitrogen and oxygen atoms in total. The average Bonchev–Trinajstić information content (AvgIpc) is 3.03. The van der Waals surface area contributed by atoms with Gasteiger partial charge in [0, 0.05) is 6.92 Å². The van der Waals surface area contributed by atoms with Crippen LogP contribution in [0, 0.1) is 0 Å². The van der Waals surface area contributed by atoms with E-state index in [1.807, 2.05) is 48.5 Å². The molecule has 1 heterocycles. The molecule has 0 saturated carbocycles. The lowest BCUT2D eigenvalue weighted by molar-refractivity contribution is -0.120. The maximum absolute atomic E-state index is 12.5. The highest BCUT2D eigenvalue weighted by Crippen LogP contribution is 2.32. The minimum Gasteiger partial charge on any atom is -0.494 e. The van der Waals surface area contributed by atoms with Crippen LogP contribution in [0.15, 0.2) is 48.5 Å². The van der Waals surface area contributed by atoms with Gasteiger partial charge in [0.25, 0.3) is 0 Å². The fourth-order valence-electron chi connectivity index (χ4n) is 2.68. The molecule has 1 atom stereocenters. The number of hydrogen-bond acceptors (Lipinski definition) is 5. The maximum Gasteiger partial charge on any atom is 0.228 e. The Balaban J connectivity index is 1.75. The summed E-state index contributed by atoms with van der Waals surface area (Å²) in [5.41, 5.74) is 1.60. The first-order valence-corrected chi connectivity index (χ1v) is 8.94. The standard InChI is InChI=1S/C19H19N3O3S/c1-12(23)20-14(13-7-4-3-5-8-13)11-17(24)21-19-22-18-15(25-2)9-6-10-16(18)26-19/h3-10,14H,11H2,1-2H3,(H,20,23)(H,21,22,24). The number of fused-ring (bicyclic) bond motifs is 1. The number of benzene rings is 2. The van der Waals surface area contributed by atoms with Gasteiger partial charge in [0.15, 0.2) is 5.13 Å². The normalized spacial score (nSPS) is 11.8. The third kappa shape index (κ3) is 4.18. The molecule has 0 bridgehead atoms. The van der Waals surface area contributed by atoms with Crippen molar-refractivity contribution in [3.63, 3.8) is 0 Å². The van der Waals surface area contributed by atoms with Crippen molar-refractivity contribution in [3.8, 4) is 5.75 Å². The van der Waals surface area contributed by atoms with Gasteiger partial charge in [-0.3, -0.25) is 9.59 Å². The van der Waals surface area contributed by atoms with E-state index in [-0.39, 0.29) is 18.2 Å². The number of nitrogens with one attached hydrogen (secondary N) is 2. The molecule has 3 aromatic rings. The Bertz CT molecular complexity index is 924. The highest BCUT2D eigenvalue weighted by molar-refractivity contribution is 7.22. The molecule has 0 spiro atoms. The molecular weight excluding hydrogens is 350 g/mol. The minimum atomic E-state index is -0.391. The third-order valence-electron chi connectivity index (χ3n) is 3.82. The predicted octanol–water partition coefficient (Wildman–Crippen LogP) is 3.51. The summed E-state index contributed by atoms with van der Waals surface area (Å²) in [5, 5.41) is 6.14. The van der Waals surface area contributed by atoms with Crippen molar-refractivity contribution in [3.05, 3.63) is 54.1 Å². The Labute approximate surface area is 155 Å². The smallest absolute Gasteiger partial charge is 0.228 e. The molecule has 1 aromatic heterocycles. The summed E-state index contributed by atoms with van der Waals surface area (Å²) in [6.07, 6.45) is 0.122. The van der Waals surface area contributed by atoms with Gasteiger partial charge in [-0.05, 0) is 17.7 Å². The number of aromatic nitrogens is 1. The number of hydrogen-bond donors (Lipinski definition) is 2. The molecule has 7 heteroatoms. The van der Waals surface area contributed by atoms with E-state index in [4.69, 9.17) is 4.74 Å². The predicted molar refractivity (Wildman–Crippen MR) is 102 cm³/mol. The minimum absolute atomic E-state index is 0.122. The summed E-state index contributed by atoms with van der Waals surface area (Å²) in [7, 11) is 1.59. The van der Waals surface area contributed by atoms with Gasteiger partial charge in [0.2, 0.25) is 11.8 Å². The van der Waals surface area contributed by atoms with Crippen molar-refractivity contribution in [2.45, 2.75) is 19.4 Å². The monoisotopic (exact) mass is 369 g/mol. The number of rotatable bonds is 6. The van der Waals surface area contributed by atoms with Gasteiger partial charge in [0.05, 0.1) is 24.3 Å². The Kier molecular flexibility index (Phi) is 5.48. The van der Waals surface area contributed by atoms with E-state index in [9.17, 15) is 9.59 Å². The van der Waals surface area contributed by atoms with Gasteiger partial charge in [-0.15, -0.1) is 0 Å². The van der Waals surface area contributed by atoms with Crippen LogP contribution in [-0.2, 0) is 9.59 Å². The van der Waals surface area contributed by atoms with Crippen LogP contribution >= 0.6 is 11.3 Å². The summed E-state index contributed by atoms with van der Waals surface area (Å²) in [5.74, 6) is 0.265. The van der Waals surface area contributed by atoms with E-state index in [1.165, 1.54) is 18.3 Å². The molecule has 2 amide bonds. The lowest BCUT2D eigenvalue weighted by Crippen LogP contribution is -2.29. The number of carbonyl (C=O) groups excluding carboxylic acids is 2. The molecule has 26 heavy (non-hydrogen) atoms. The lowest BCUT2D eigenvalue weighted by atomic mass is 10.0. The zero-order valence-corrected chi connectivity index (χ0v) is 15.3. The second kappa shape index (κ2) is 7.97. The van der Waals surface area contributed by atoms with Crippen LogP contribution in [0.25, 0.3) is 10.2 Å². The number of methoxy groups -OCH3 is 1. The quantitative estimate of drug-likeness (QED) is 0.697. The summed E-state index contributed by atoms with van der Waals surface area (Å²) >= 11 is 1.38. The summed E-state index contributed by atoms with van der Waals surface area (Å²) in [4.78, 5) is 28.4. The summed E-state index contributed by atoms with van der Waals surface area (Å²) in [6, 6.07) is 14.7. The van der Waals surface area contributed by atoms with Crippen LogP contribution in [-0.4, -0.2) is 23.9 Å². The van der Waals surface area contributed by atoms with E-state index in [1.54, 1.807) is 7.11 Å². The van der Waals surface area contributed by atoms with Crippen LogP contribution in [0.1, 0.15) is 24.9 Å². The highest BCUT2D eigenvalue weighted by Gasteiger charge is 2.18. The number of nitrogens with zero attached hydrogens (tertiary/aromatic N) is 1. The first-order chi connectivity index (χ1) is 12.6. The van der Waals surface area contributed by atoms with Crippen LogP contribution in [0.4, 0.5) is 5.13 Å². The Hall–Kier alpha value is -2.93. The Morgan fingerprint density at radius 2 is 1.92 bits per heavy atom. The number of carbonyl (C=O) groups is 2. The van der Waals surface area contributed by atoms with Crippen molar-refractivity contribution in [2.75, 3.05) is 12.4 Å². The molecule has 0 aliphatic carbocycles. The molecule has 134 valence electrons. The summed E-state index contributed by atoms with van der Waals surface area (Å²) < 4.78 is 6.23. The molecule has 2 N–H and O–H groups in total. The fourth-order valence-corrected chi connectivity index (χ4v) is 3.58. The molecule has 2 aromatic carbocycles. The number of para-hydroxylation sites is 1. The van der Waals surface area contributed by atoms with Gasteiger partial charge in [0.1, 0.15) is 11.3 Å². The van der Waals surface area contributed by atoms with E-state index in [0.717, 1.165) is 15.8 Å². The zero-order chi connectivity index (χ0) is 18.5. The fraction of sp³-hybridized carbons (Fsp3) is 0.211. The van der Waals surface area contributed by atoms with Crippen molar-refractivity contribution in [1.29, 1.82) is 0 Å². The van der Waals surface area contributed by atoms with Crippen molar-refractivity contribution in [1.82, 2.24) is 10.3 Å². The zero-order valence-electron chi connectivity index (χ0n) is 14.5. The Morgan fingerprint density at radius 3 is 2.62 bits per heavy atom. The maximum atomic E-state index is 12.5. The van der Waals surface area contributed by atoms with E-state index >= 15 is 0 Å². The van der Waals surface area contributed by atoms with E-state index in [0.29, 0.717) is 10.9 Å². The topological polar surface area (TPSA) is 80.3 Å². The van der Waals surface area contributed by atoms with Gasteiger partial charge in [-0.2, -0.15) is 0 Å². The van der Waals surface area contributed by atoms with Crippen molar-refractivity contribution in [2.24, 2.45) is 0 Å². The number of amides is 2. The second-order valence-corrected chi connectivity index (χ2v) is 6.77. The van der Waals surface area contributed by atoms with Gasteiger partial charge in [-0.1, -0.05) is 47.7 Å². The van der Waals surface area contributed by atoms with Gasteiger partial charge >= 0.3 is 0 Å². The first-order valence-electron chi connectivity index (χ1n) is 8.12. The molecule has 0 fully saturated rings. The van der Waals surface area contributed by atoms with Crippen LogP contribution in [0.5, 0.6) is 5.75 Å². The molecule has 3 rings (SSSR count). The van der Waals surface area contributed by atoms with Crippen LogP contribution in [0.3, 0.4) is 0 Å². The summed E-state index contributed by atoms with van der Waals surface area (Å²) in [6.45, 7) is 1.44. The number of ether oxygens (including phenoxy) is 1. The number of anilines is 1. The Morgan fingerprint density at radius 1 is 1.15 bits per heavy atom. The molecular formula is C19H19N3O3S. The third-order valence-corrected chi connectivity index (χ3v) is 4.75. The molecule has 0 saturated heterocycles. The second-order valence-electron chi connectivity index (χ2n) is 5.74. The van der Waals surface area contributed by atoms with Crippen LogP contribution < -0.4 is 15.4 Å². The van der Waals surface area contributed by atoms with Crippen molar-refractivity contribution >= 4 is 38.5 Å². The number of thiazole rings is 1. The molecule has 0 radical (unpaired) electrons. The van der Waals surface area contributed by atoms with Crippen molar-refractivity contribution < 1.29 is 14.3 Å². The molecule has 0 aliphatic rings. The SMILES string of the molecule is COc1cccc2sc(NC(=O)CC(NC(C)=O)c3ccccc3)nc12. The first kappa shape index (κ1) is 17.9. The van der Waals surface area contributed by atoms with E-state index in [2.05, 4.69) is 15.6 Å². The van der Waals surface area contributed by atoms with Crippen LogP contribution in [0.2, 0.25) is 0 Å². The van der Waals surface area contributed by atoms with E-state index < -0.39 is 6.04 Å². The highest BCUT2D eigenvalue weighted by atomic mass is 32.1. The largest absolute Gasteiger partial charge is 0.494 e. The van der Waals surface area contributed by atoms with Gasteiger partial charge < -0.3 is 15.4 Å². The molecule has 0 aliphatic heterocycles. The molecule has 1 unspecified atom stereocenters. The van der Waals surface area contributed by atoms with Gasteiger partial charge in [-0.25, -0.2) is 4.98 Å².